The standard InChI is InChI=1S/C28H24Cl3N3O5S/c1-28(2,3)39-26(35)16-34(40(37,38)20-13-18(30)12-19(31)14-20)25-9-5-6-21-22(25)7-4-8-23(21)33-27(36)24-15-17(29)10-11-32-24/h4-15H,16H2,1-3H3,(H,33,36). The molecule has 208 valence electrons. The predicted octanol–water partition coefficient (Wildman–Crippen LogP) is 6.98. The second-order valence-electron chi connectivity index (χ2n) is 9.69. The molecule has 8 nitrogen and oxygen atoms in total. The highest BCUT2D eigenvalue weighted by Gasteiger charge is 2.31. The van der Waals surface area contributed by atoms with Crippen LogP contribution >= 0.6 is 34.8 Å². The number of sulfonamides is 1. The predicted molar refractivity (Wildman–Crippen MR) is 158 cm³/mol. The van der Waals surface area contributed by atoms with Crippen molar-refractivity contribution in [1.29, 1.82) is 0 Å². The third-order valence-corrected chi connectivity index (χ3v) is 7.90. The zero-order valence-corrected chi connectivity index (χ0v) is 24.7. The van der Waals surface area contributed by atoms with Crippen LogP contribution in [0.2, 0.25) is 15.1 Å². The zero-order chi connectivity index (χ0) is 29.2. The minimum atomic E-state index is -4.37. The number of fused-ring (bicyclic) bond motifs is 1. The van der Waals surface area contributed by atoms with Gasteiger partial charge < -0.3 is 10.1 Å². The number of amides is 1. The van der Waals surface area contributed by atoms with E-state index in [-0.39, 0.29) is 26.3 Å². The number of carbonyl (C=O) groups excluding carboxylic acids is 2. The van der Waals surface area contributed by atoms with Crippen LogP contribution in [0.25, 0.3) is 10.8 Å². The van der Waals surface area contributed by atoms with Gasteiger partial charge in [-0.05, 0) is 63.2 Å². The summed E-state index contributed by atoms with van der Waals surface area (Å²) in [5, 5.41) is 4.33. The first-order valence-corrected chi connectivity index (χ1v) is 14.5. The number of anilines is 2. The molecule has 0 aliphatic heterocycles. The van der Waals surface area contributed by atoms with Crippen molar-refractivity contribution in [3.8, 4) is 0 Å². The summed E-state index contributed by atoms with van der Waals surface area (Å²) in [4.78, 5) is 29.7. The Bertz CT molecular complexity index is 1700. The smallest absolute Gasteiger partial charge is 0.327 e. The summed E-state index contributed by atoms with van der Waals surface area (Å²) in [6.07, 6.45) is 1.42. The monoisotopic (exact) mass is 619 g/mol. The van der Waals surface area contributed by atoms with E-state index in [2.05, 4.69) is 10.3 Å². The Morgan fingerprint density at radius 1 is 0.900 bits per heavy atom. The van der Waals surface area contributed by atoms with Gasteiger partial charge in [-0.2, -0.15) is 0 Å². The Kier molecular flexibility index (Phi) is 8.60. The average molecular weight is 621 g/mol. The number of aromatic nitrogens is 1. The van der Waals surface area contributed by atoms with Gasteiger partial charge in [0.25, 0.3) is 15.9 Å². The number of hydrogen-bond donors (Lipinski definition) is 1. The number of ether oxygens (including phenoxy) is 1. The second-order valence-corrected chi connectivity index (χ2v) is 12.9. The van der Waals surface area contributed by atoms with E-state index >= 15 is 0 Å². The normalized spacial score (nSPS) is 11.8. The summed E-state index contributed by atoms with van der Waals surface area (Å²) in [7, 11) is -4.37. The molecule has 3 aromatic carbocycles. The van der Waals surface area contributed by atoms with Crippen molar-refractivity contribution < 1.29 is 22.7 Å². The topological polar surface area (TPSA) is 106 Å². The zero-order valence-electron chi connectivity index (χ0n) is 21.6. The van der Waals surface area contributed by atoms with E-state index < -0.39 is 34.0 Å². The van der Waals surface area contributed by atoms with Gasteiger partial charge in [0, 0.05) is 37.7 Å². The van der Waals surface area contributed by atoms with Crippen LogP contribution in [0.5, 0.6) is 0 Å². The minimum Gasteiger partial charge on any atom is -0.459 e. The molecule has 0 radical (unpaired) electrons. The number of esters is 1. The first kappa shape index (κ1) is 29.6. The van der Waals surface area contributed by atoms with Gasteiger partial charge in [-0.3, -0.25) is 18.9 Å². The lowest BCUT2D eigenvalue weighted by Crippen LogP contribution is -2.39. The molecule has 0 bridgehead atoms. The van der Waals surface area contributed by atoms with Gasteiger partial charge in [-0.25, -0.2) is 8.42 Å². The summed E-state index contributed by atoms with van der Waals surface area (Å²) >= 11 is 18.2. The number of benzene rings is 3. The van der Waals surface area contributed by atoms with E-state index in [0.717, 1.165) is 4.31 Å². The van der Waals surface area contributed by atoms with Crippen molar-refractivity contribution in [2.75, 3.05) is 16.2 Å². The maximum absolute atomic E-state index is 14.0. The number of pyridine rings is 1. The van der Waals surface area contributed by atoms with Gasteiger partial charge in [-0.1, -0.05) is 59.1 Å². The van der Waals surface area contributed by atoms with Crippen molar-refractivity contribution >= 4 is 78.8 Å². The van der Waals surface area contributed by atoms with E-state index in [9.17, 15) is 18.0 Å². The molecule has 0 atom stereocenters. The van der Waals surface area contributed by atoms with Crippen molar-refractivity contribution in [3.63, 3.8) is 0 Å². The largest absolute Gasteiger partial charge is 0.459 e. The molecule has 1 N–H and O–H groups in total. The molecule has 0 aliphatic rings. The highest BCUT2D eigenvalue weighted by Crippen LogP contribution is 2.36. The SMILES string of the molecule is CC(C)(C)OC(=O)CN(c1cccc2c(NC(=O)c3cc(Cl)ccn3)cccc12)S(=O)(=O)c1cc(Cl)cc(Cl)c1. The van der Waals surface area contributed by atoms with Crippen LogP contribution in [0, 0.1) is 0 Å². The molecule has 12 heteroatoms. The Morgan fingerprint density at radius 3 is 2.20 bits per heavy atom. The maximum Gasteiger partial charge on any atom is 0.327 e. The van der Waals surface area contributed by atoms with Gasteiger partial charge in [0.15, 0.2) is 0 Å². The lowest BCUT2D eigenvalue weighted by atomic mass is 10.1. The van der Waals surface area contributed by atoms with Gasteiger partial charge in [0.2, 0.25) is 0 Å². The highest BCUT2D eigenvalue weighted by atomic mass is 35.5. The van der Waals surface area contributed by atoms with E-state index in [1.54, 1.807) is 63.2 Å². The first-order chi connectivity index (χ1) is 18.7. The van der Waals surface area contributed by atoms with Gasteiger partial charge >= 0.3 is 5.97 Å². The first-order valence-electron chi connectivity index (χ1n) is 11.9. The molecule has 0 aliphatic carbocycles. The van der Waals surface area contributed by atoms with Crippen LogP contribution in [-0.2, 0) is 19.6 Å². The molecule has 0 unspecified atom stereocenters. The number of rotatable bonds is 7. The van der Waals surface area contributed by atoms with Crippen molar-refractivity contribution in [3.05, 3.63) is 93.7 Å². The summed E-state index contributed by atoms with van der Waals surface area (Å²) in [6.45, 7) is 4.41. The molecule has 4 rings (SSSR count). The fourth-order valence-corrected chi connectivity index (χ4v) is 6.25. The maximum atomic E-state index is 14.0. The molecule has 4 aromatic rings. The lowest BCUT2D eigenvalue weighted by molar-refractivity contribution is -0.152. The number of carbonyl (C=O) groups is 2. The van der Waals surface area contributed by atoms with Crippen LogP contribution in [0.3, 0.4) is 0 Å². The summed E-state index contributed by atoms with van der Waals surface area (Å²) in [5.74, 6) is -1.27. The fraction of sp³-hybridized carbons (Fsp3) is 0.179. The lowest BCUT2D eigenvalue weighted by Gasteiger charge is -2.27. The van der Waals surface area contributed by atoms with Crippen LogP contribution < -0.4 is 9.62 Å². The molecular formula is C28H24Cl3N3O5S. The van der Waals surface area contributed by atoms with E-state index in [4.69, 9.17) is 39.5 Å². The van der Waals surface area contributed by atoms with Crippen LogP contribution in [0.15, 0.2) is 77.8 Å². The Balaban J connectivity index is 1.84. The average Bonchev–Trinajstić information content (AvgIpc) is 2.85. The number of nitrogens with zero attached hydrogens (tertiary/aromatic N) is 2. The third kappa shape index (κ3) is 6.85. The minimum absolute atomic E-state index is 0.104. The molecule has 40 heavy (non-hydrogen) atoms. The number of halogens is 3. The molecule has 0 saturated heterocycles. The van der Waals surface area contributed by atoms with E-state index in [0.29, 0.717) is 21.5 Å². The van der Waals surface area contributed by atoms with E-state index in [1.165, 1.54) is 30.5 Å². The van der Waals surface area contributed by atoms with Crippen molar-refractivity contribution in [1.82, 2.24) is 4.98 Å². The Hall–Kier alpha value is -3.37. The highest BCUT2D eigenvalue weighted by molar-refractivity contribution is 7.93. The molecule has 1 aromatic heterocycles. The number of nitrogens with one attached hydrogen (secondary N) is 1. The van der Waals surface area contributed by atoms with Crippen molar-refractivity contribution in [2.45, 2.75) is 31.3 Å². The molecule has 0 fully saturated rings. The fourth-order valence-electron chi connectivity index (χ4n) is 3.93. The van der Waals surface area contributed by atoms with Gasteiger partial charge in [0.1, 0.15) is 17.8 Å². The van der Waals surface area contributed by atoms with Gasteiger partial charge in [-0.15, -0.1) is 0 Å². The molecular weight excluding hydrogens is 597 g/mol. The van der Waals surface area contributed by atoms with Crippen LogP contribution in [-0.4, -0.2) is 37.4 Å². The van der Waals surface area contributed by atoms with Gasteiger partial charge in [0.05, 0.1) is 10.6 Å². The Labute approximate surface area is 246 Å². The summed E-state index contributed by atoms with van der Waals surface area (Å²) < 4.78 is 34.3. The van der Waals surface area contributed by atoms with Crippen molar-refractivity contribution in [2.24, 2.45) is 0 Å². The van der Waals surface area contributed by atoms with Crippen LogP contribution in [0.4, 0.5) is 11.4 Å². The second kappa shape index (κ2) is 11.6. The third-order valence-electron chi connectivity index (χ3n) is 5.49. The molecule has 1 amide bonds. The molecule has 1 heterocycles. The summed E-state index contributed by atoms with van der Waals surface area (Å²) in [6, 6.07) is 16.8. The number of hydrogen-bond acceptors (Lipinski definition) is 6. The Morgan fingerprint density at radius 2 is 1.55 bits per heavy atom. The summed E-state index contributed by atoms with van der Waals surface area (Å²) in [5.41, 5.74) is -0.174. The molecule has 0 spiro atoms. The quantitative estimate of drug-likeness (QED) is 0.223. The molecule has 0 saturated carbocycles. The van der Waals surface area contributed by atoms with E-state index in [1.807, 2.05) is 0 Å². The van der Waals surface area contributed by atoms with Crippen LogP contribution in [0.1, 0.15) is 31.3 Å².